The molecule has 0 saturated carbocycles. The Morgan fingerprint density at radius 1 is 1.58 bits per heavy atom. The van der Waals surface area contributed by atoms with Crippen molar-refractivity contribution in [3.05, 3.63) is 0 Å². The molecule has 0 aliphatic carbocycles. The van der Waals surface area contributed by atoms with E-state index in [0.717, 1.165) is 0 Å². The maximum absolute atomic E-state index is 10.9. The van der Waals surface area contributed by atoms with Crippen LogP contribution in [-0.4, -0.2) is 33.3 Å². The number of sulfonamides is 1. The van der Waals surface area contributed by atoms with Crippen LogP contribution < -0.4 is 4.72 Å². The van der Waals surface area contributed by atoms with Gasteiger partial charge in [-0.2, -0.15) is 0 Å². The first kappa shape index (κ1) is 11.4. The third-order valence-electron chi connectivity index (χ3n) is 1.29. The number of carbonyl (C=O) groups is 1. The van der Waals surface area contributed by atoms with Gasteiger partial charge in [-0.25, -0.2) is 13.1 Å². The molecular formula is C6H13NO4S. The standard InChI is InChI=1S/C6H13NO4S/c1-4-12(9,10)7-5(2)6(8)11-3/h5,7H,4H2,1-3H3/t5-/m1/s1. The van der Waals surface area contributed by atoms with Crippen molar-refractivity contribution in [2.45, 2.75) is 19.9 Å². The molecule has 72 valence electrons. The second-order valence-electron chi connectivity index (χ2n) is 2.27. The van der Waals surface area contributed by atoms with E-state index in [9.17, 15) is 13.2 Å². The Balaban J connectivity index is 4.19. The summed E-state index contributed by atoms with van der Waals surface area (Å²) in [6, 6.07) is -0.819. The molecule has 0 unspecified atom stereocenters. The van der Waals surface area contributed by atoms with Gasteiger partial charge in [-0.1, -0.05) is 0 Å². The van der Waals surface area contributed by atoms with E-state index in [1.165, 1.54) is 21.0 Å². The highest BCUT2D eigenvalue weighted by atomic mass is 32.2. The van der Waals surface area contributed by atoms with Gasteiger partial charge in [0.1, 0.15) is 6.04 Å². The van der Waals surface area contributed by atoms with E-state index in [4.69, 9.17) is 0 Å². The monoisotopic (exact) mass is 195 g/mol. The molecule has 0 fully saturated rings. The van der Waals surface area contributed by atoms with E-state index in [2.05, 4.69) is 9.46 Å². The maximum atomic E-state index is 10.9. The fourth-order valence-corrected chi connectivity index (χ4v) is 1.38. The SMILES string of the molecule is CCS(=O)(=O)N[C@H](C)C(=O)OC. The lowest BCUT2D eigenvalue weighted by Crippen LogP contribution is -2.39. The average molecular weight is 195 g/mol. The summed E-state index contributed by atoms with van der Waals surface area (Å²) in [6.45, 7) is 2.92. The van der Waals surface area contributed by atoms with Crippen LogP contribution in [0, 0.1) is 0 Å². The summed E-state index contributed by atoms with van der Waals surface area (Å²) in [6.07, 6.45) is 0. The Bertz CT molecular complexity index is 246. The van der Waals surface area contributed by atoms with Crippen molar-refractivity contribution in [2.75, 3.05) is 12.9 Å². The van der Waals surface area contributed by atoms with E-state index in [0.29, 0.717) is 0 Å². The van der Waals surface area contributed by atoms with Gasteiger partial charge in [0, 0.05) is 0 Å². The average Bonchev–Trinajstić information content (AvgIpc) is 2.02. The van der Waals surface area contributed by atoms with Gasteiger partial charge in [0.2, 0.25) is 10.0 Å². The largest absolute Gasteiger partial charge is 0.468 e. The molecule has 0 aliphatic heterocycles. The molecule has 1 atom stereocenters. The van der Waals surface area contributed by atoms with E-state index < -0.39 is 22.0 Å². The molecule has 12 heavy (non-hydrogen) atoms. The van der Waals surface area contributed by atoms with E-state index in [1.807, 2.05) is 0 Å². The first-order valence-corrected chi connectivity index (χ1v) is 5.16. The predicted molar refractivity (Wildman–Crippen MR) is 44.1 cm³/mol. The van der Waals surface area contributed by atoms with E-state index >= 15 is 0 Å². The number of ether oxygens (including phenoxy) is 1. The van der Waals surface area contributed by atoms with Crippen molar-refractivity contribution in [3.63, 3.8) is 0 Å². The highest BCUT2D eigenvalue weighted by Crippen LogP contribution is 1.90. The number of rotatable bonds is 4. The van der Waals surface area contributed by atoms with E-state index in [-0.39, 0.29) is 5.75 Å². The van der Waals surface area contributed by atoms with Gasteiger partial charge in [0.25, 0.3) is 0 Å². The first-order chi connectivity index (χ1) is 5.43. The molecule has 5 nitrogen and oxygen atoms in total. The number of hydrogen-bond acceptors (Lipinski definition) is 4. The lowest BCUT2D eigenvalue weighted by molar-refractivity contribution is -0.142. The van der Waals surface area contributed by atoms with Crippen LogP contribution in [0.5, 0.6) is 0 Å². The van der Waals surface area contributed by atoms with Gasteiger partial charge in [-0.3, -0.25) is 4.79 Å². The van der Waals surface area contributed by atoms with Gasteiger partial charge >= 0.3 is 5.97 Å². The second kappa shape index (κ2) is 4.42. The summed E-state index contributed by atoms with van der Waals surface area (Å²) in [4.78, 5) is 10.8. The molecule has 0 saturated heterocycles. The highest BCUT2D eigenvalue weighted by molar-refractivity contribution is 7.89. The number of methoxy groups -OCH3 is 1. The molecule has 0 rings (SSSR count). The van der Waals surface area contributed by atoms with E-state index in [1.54, 1.807) is 0 Å². The Morgan fingerprint density at radius 3 is 2.42 bits per heavy atom. The number of hydrogen-bond donors (Lipinski definition) is 1. The van der Waals surface area contributed by atoms with Crippen LogP contribution in [0.1, 0.15) is 13.8 Å². The molecule has 1 N–H and O–H groups in total. The predicted octanol–water partition coefficient (Wildman–Crippen LogP) is -0.513. The molecule has 0 spiro atoms. The molecule has 0 aromatic heterocycles. The zero-order valence-electron chi connectivity index (χ0n) is 7.33. The van der Waals surface area contributed by atoms with Crippen molar-refractivity contribution in [1.29, 1.82) is 0 Å². The van der Waals surface area contributed by atoms with Crippen LogP contribution in [0.2, 0.25) is 0 Å². The van der Waals surface area contributed by atoms with Crippen LogP contribution in [-0.2, 0) is 19.6 Å². The van der Waals surface area contributed by atoms with Crippen molar-refractivity contribution in [1.82, 2.24) is 4.72 Å². The molecule has 0 heterocycles. The number of carbonyl (C=O) groups excluding carboxylic acids is 1. The lowest BCUT2D eigenvalue weighted by Gasteiger charge is -2.10. The zero-order valence-corrected chi connectivity index (χ0v) is 8.14. The van der Waals surface area contributed by atoms with Crippen molar-refractivity contribution < 1.29 is 17.9 Å². The van der Waals surface area contributed by atoms with Crippen LogP contribution in [0.3, 0.4) is 0 Å². The minimum atomic E-state index is -3.32. The quantitative estimate of drug-likeness (QED) is 0.613. The summed E-state index contributed by atoms with van der Waals surface area (Å²) in [5.74, 6) is -0.638. The number of nitrogens with one attached hydrogen (secondary N) is 1. The Hall–Kier alpha value is -0.620. The molecule has 0 aromatic rings. The first-order valence-electron chi connectivity index (χ1n) is 3.50. The summed E-state index contributed by atoms with van der Waals surface area (Å²) in [5, 5.41) is 0. The molecule has 0 amide bonds. The summed E-state index contributed by atoms with van der Waals surface area (Å²) in [7, 11) is -2.12. The highest BCUT2D eigenvalue weighted by Gasteiger charge is 2.18. The Kier molecular flexibility index (Phi) is 4.19. The van der Waals surface area contributed by atoms with Gasteiger partial charge in [0.05, 0.1) is 12.9 Å². The van der Waals surface area contributed by atoms with Crippen LogP contribution in [0.25, 0.3) is 0 Å². The molecular weight excluding hydrogens is 182 g/mol. The van der Waals surface area contributed by atoms with Gasteiger partial charge in [-0.05, 0) is 13.8 Å². The second-order valence-corrected chi connectivity index (χ2v) is 4.31. The van der Waals surface area contributed by atoms with Crippen LogP contribution in [0.4, 0.5) is 0 Å². The third kappa shape index (κ3) is 3.68. The van der Waals surface area contributed by atoms with Gasteiger partial charge in [-0.15, -0.1) is 0 Å². The maximum Gasteiger partial charge on any atom is 0.323 e. The third-order valence-corrected chi connectivity index (χ3v) is 2.76. The molecule has 0 aliphatic rings. The zero-order chi connectivity index (χ0) is 9.78. The summed E-state index contributed by atoms with van der Waals surface area (Å²) < 4.78 is 28.3. The lowest BCUT2D eigenvalue weighted by atomic mass is 10.4. The van der Waals surface area contributed by atoms with Gasteiger partial charge < -0.3 is 4.74 Å². The normalized spacial score (nSPS) is 13.9. The molecule has 0 aromatic carbocycles. The van der Waals surface area contributed by atoms with Gasteiger partial charge in [0.15, 0.2) is 0 Å². The smallest absolute Gasteiger partial charge is 0.323 e. The fourth-order valence-electron chi connectivity index (χ4n) is 0.578. The minimum Gasteiger partial charge on any atom is -0.468 e. The molecule has 0 bridgehead atoms. The fraction of sp³-hybridized carbons (Fsp3) is 0.833. The minimum absolute atomic E-state index is 0.0473. The van der Waals surface area contributed by atoms with Crippen molar-refractivity contribution in [2.24, 2.45) is 0 Å². The Morgan fingerprint density at radius 2 is 2.08 bits per heavy atom. The summed E-state index contributed by atoms with van der Waals surface area (Å²) >= 11 is 0. The summed E-state index contributed by atoms with van der Waals surface area (Å²) in [5.41, 5.74) is 0. The molecule has 6 heteroatoms. The van der Waals surface area contributed by atoms with Crippen molar-refractivity contribution in [3.8, 4) is 0 Å². The topological polar surface area (TPSA) is 72.5 Å². The van der Waals surface area contributed by atoms with Crippen LogP contribution >= 0.6 is 0 Å². The van der Waals surface area contributed by atoms with Crippen LogP contribution in [0.15, 0.2) is 0 Å². The number of esters is 1. The Labute approximate surface area is 72.1 Å². The molecule has 0 radical (unpaired) electrons. The van der Waals surface area contributed by atoms with Crippen molar-refractivity contribution >= 4 is 16.0 Å².